The molecule has 0 atom stereocenters. The molecule has 1 amide bonds. The molecule has 1 saturated carbocycles. The third kappa shape index (κ3) is 3.95. The summed E-state index contributed by atoms with van der Waals surface area (Å²) in [5.74, 6) is 1.37. The Hall–Kier alpha value is -0.570. The van der Waals surface area contributed by atoms with Gasteiger partial charge >= 0.3 is 0 Å². The van der Waals surface area contributed by atoms with E-state index in [-0.39, 0.29) is 5.92 Å². The second-order valence-electron chi connectivity index (χ2n) is 7.30. The van der Waals surface area contributed by atoms with Gasteiger partial charge < -0.3 is 10.6 Å². The summed E-state index contributed by atoms with van der Waals surface area (Å²) in [4.78, 5) is 14.7. The Kier molecular flexibility index (Phi) is 4.88. The number of likely N-dealkylation sites (tertiary alicyclic amines) is 1. The second kappa shape index (κ2) is 6.25. The molecule has 1 aliphatic heterocycles. The van der Waals surface area contributed by atoms with E-state index < -0.39 is 0 Å². The van der Waals surface area contributed by atoms with Gasteiger partial charge in [-0.3, -0.25) is 4.79 Å². The summed E-state index contributed by atoms with van der Waals surface area (Å²) < 4.78 is 0. The molecule has 1 saturated heterocycles. The number of carbonyl (C=O) groups is 1. The minimum Gasteiger partial charge on any atom is -0.342 e. The van der Waals surface area contributed by atoms with Crippen molar-refractivity contribution < 1.29 is 4.79 Å². The van der Waals surface area contributed by atoms with E-state index in [1.165, 1.54) is 6.42 Å². The molecular formula is C16H30N2O. The average Bonchev–Trinajstić information content (AvgIpc) is 2.59. The van der Waals surface area contributed by atoms with Gasteiger partial charge in [-0.05, 0) is 62.8 Å². The fourth-order valence-electron chi connectivity index (χ4n) is 3.55. The fourth-order valence-corrected chi connectivity index (χ4v) is 3.55. The lowest BCUT2D eigenvalue weighted by molar-refractivity contribution is -0.136. The predicted molar refractivity (Wildman–Crippen MR) is 78.7 cm³/mol. The Morgan fingerprint density at radius 2 is 1.84 bits per heavy atom. The van der Waals surface area contributed by atoms with Gasteiger partial charge in [0.1, 0.15) is 0 Å². The van der Waals surface area contributed by atoms with Crippen LogP contribution in [-0.2, 0) is 4.79 Å². The minimum absolute atomic E-state index is 0.281. The lowest BCUT2D eigenvalue weighted by Gasteiger charge is -2.31. The van der Waals surface area contributed by atoms with Crippen molar-refractivity contribution in [1.82, 2.24) is 4.90 Å². The summed E-state index contributed by atoms with van der Waals surface area (Å²) >= 11 is 0. The maximum atomic E-state index is 12.6. The van der Waals surface area contributed by atoms with Crippen molar-refractivity contribution in [2.75, 3.05) is 19.6 Å². The van der Waals surface area contributed by atoms with E-state index in [0.29, 0.717) is 17.2 Å². The van der Waals surface area contributed by atoms with Crippen molar-refractivity contribution in [3.8, 4) is 0 Å². The highest BCUT2D eigenvalue weighted by Crippen LogP contribution is 2.33. The Morgan fingerprint density at radius 1 is 1.16 bits per heavy atom. The molecule has 0 radical (unpaired) electrons. The number of amides is 1. The second-order valence-corrected chi connectivity index (χ2v) is 7.30. The lowest BCUT2D eigenvalue weighted by Crippen LogP contribution is -2.39. The van der Waals surface area contributed by atoms with Crippen LogP contribution >= 0.6 is 0 Å². The molecule has 0 aromatic carbocycles. The first-order valence-electron chi connectivity index (χ1n) is 8.01. The minimum atomic E-state index is 0.281. The van der Waals surface area contributed by atoms with Gasteiger partial charge in [-0.1, -0.05) is 13.8 Å². The van der Waals surface area contributed by atoms with E-state index in [0.717, 1.165) is 58.2 Å². The van der Waals surface area contributed by atoms with E-state index in [4.69, 9.17) is 5.73 Å². The van der Waals surface area contributed by atoms with Crippen LogP contribution in [-0.4, -0.2) is 30.4 Å². The van der Waals surface area contributed by atoms with Gasteiger partial charge in [-0.15, -0.1) is 0 Å². The smallest absolute Gasteiger partial charge is 0.225 e. The molecule has 3 nitrogen and oxygen atoms in total. The van der Waals surface area contributed by atoms with Crippen LogP contribution in [0.25, 0.3) is 0 Å². The van der Waals surface area contributed by atoms with E-state index >= 15 is 0 Å². The molecule has 2 fully saturated rings. The first-order valence-corrected chi connectivity index (χ1v) is 8.01. The number of hydrogen-bond donors (Lipinski definition) is 1. The third-order valence-electron chi connectivity index (χ3n) is 5.18. The molecule has 1 heterocycles. The number of hydrogen-bond acceptors (Lipinski definition) is 2. The van der Waals surface area contributed by atoms with Gasteiger partial charge in [0.05, 0.1) is 0 Å². The van der Waals surface area contributed by atoms with Crippen molar-refractivity contribution in [1.29, 1.82) is 0 Å². The van der Waals surface area contributed by atoms with Crippen LogP contribution in [0.1, 0.15) is 58.8 Å². The number of carbonyl (C=O) groups excluding carboxylic acids is 1. The molecule has 0 aromatic rings. The van der Waals surface area contributed by atoms with E-state index in [2.05, 4.69) is 18.7 Å². The van der Waals surface area contributed by atoms with Gasteiger partial charge in [0.15, 0.2) is 0 Å². The number of nitrogens with zero attached hydrogens (tertiary/aromatic N) is 1. The van der Waals surface area contributed by atoms with Crippen molar-refractivity contribution in [3.63, 3.8) is 0 Å². The molecule has 2 aliphatic rings. The first kappa shape index (κ1) is 14.8. The van der Waals surface area contributed by atoms with Gasteiger partial charge in [-0.25, -0.2) is 0 Å². The summed E-state index contributed by atoms with van der Waals surface area (Å²) in [5.41, 5.74) is 6.13. The molecule has 19 heavy (non-hydrogen) atoms. The van der Waals surface area contributed by atoms with Crippen LogP contribution in [0.3, 0.4) is 0 Å². The van der Waals surface area contributed by atoms with Crippen LogP contribution in [0.15, 0.2) is 0 Å². The molecule has 2 N–H and O–H groups in total. The SMILES string of the molecule is CC1(C)CCCN(C(=O)C2CCC(CN)CC2)CC1. The molecule has 0 bridgehead atoms. The molecule has 0 spiro atoms. The largest absolute Gasteiger partial charge is 0.342 e. The lowest BCUT2D eigenvalue weighted by atomic mass is 9.81. The zero-order valence-corrected chi connectivity index (χ0v) is 12.7. The Morgan fingerprint density at radius 3 is 2.47 bits per heavy atom. The van der Waals surface area contributed by atoms with Gasteiger partial charge in [0.2, 0.25) is 5.91 Å². The fraction of sp³-hybridized carbons (Fsp3) is 0.938. The van der Waals surface area contributed by atoms with E-state index in [9.17, 15) is 4.79 Å². The molecular weight excluding hydrogens is 236 g/mol. The van der Waals surface area contributed by atoms with Crippen LogP contribution < -0.4 is 5.73 Å². The summed E-state index contributed by atoms with van der Waals surface area (Å²) in [6, 6.07) is 0. The zero-order valence-electron chi connectivity index (χ0n) is 12.7. The highest BCUT2D eigenvalue weighted by Gasteiger charge is 2.31. The van der Waals surface area contributed by atoms with Crippen LogP contribution in [0, 0.1) is 17.3 Å². The molecule has 0 unspecified atom stereocenters. The first-order chi connectivity index (χ1) is 9.02. The van der Waals surface area contributed by atoms with Gasteiger partial charge in [0.25, 0.3) is 0 Å². The highest BCUT2D eigenvalue weighted by atomic mass is 16.2. The van der Waals surface area contributed by atoms with Crippen molar-refractivity contribution in [3.05, 3.63) is 0 Å². The third-order valence-corrected chi connectivity index (χ3v) is 5.18. The van der Waals surface area contributed by atoms with Gasteiger partial charge in [0, 0.05) is 19.0 Å². The zero-order chi connectivity index (χ0) is 13.9. The molecule has 0 aromatic heterocycles. The maximum Gasteiger partial charge on any atom is 0.225 e. The standard InChI is InChI=1S/C16H30N2O/c1-16(2)8-3-10-18(11-9-16)15(19)14-6-4-13(12-17)5-7-14/h13-14H,3-12,17H2,1-2H3. The summed E-state index contributed by atoms with van der Waals surface area (Å²) in [7, 11) is 0. The molecule has 3 heteroatoms. The van der Waals surface area contributed by atoms with Gasteiger partial charge in [-0.2, -0.15) is 0 Å². The van der Waals surface area contributed by atoms with Crippen LogP contribution in [0.4, 0.5) is 0 Å². The van der Waals surface area contributed by atoms with Crippen LogP contribution in [0.5, 0.6) is 0 Å². The molecule has 2 rings (SSSR count). The Balaban J connectivity index is 1.86. The van der Waals surface area contributed by atoms with Crippen LogP contribution in [0.2, 0.25) is 0 Å². The maximum absolute atomic E-state index is 12.6. The quantitative estimate of drug-likeness (QED) is 0.835. The average molecular weight is 266 g/mol. The highest BCUT2D eigenvalue weighted by molar-refractivity contribution is 5.79. The van der Waals surface area contributed by atoms with E-state index in [1.807, 2.05) is 0 Å². The molecule has 110 valence electrons. The topological polar surface area (TPSA) is 46.3 Å². The van der Waals surface area contributed by atoms with Crippen molar-refractivity contribution in [2.24, 2.45) is 23.0 Å². The Labute approximate surface area is 117 Å². The predicted octanol–water partition coefficient (Wildman–Crippen LogP) is 2.79. The summed E-state index contributed by atoms with van der Waals surface area (Å²) in [6.07, 6.45) is 7.96. The number of nitrogens with two attached hydrogens (primary N) is 1. The Bertz CT molecular complexity index is 306. The number of rotatable bonds is 2. The van der Waals surface area contributed by atoms with Crippen molar-refractivity contribution >= 4 is 5.91 Å². The summed E-state index contributed by atoms with van der Waals surface area (Å²) in [5, 5.41) is 0. The van der Waals surface area contributed by atoms with E-state index in [1.54, 1.807) is 0 Å². The normalized spacial score (nSPS) is 31.8. The molecule has 1 aliphatic carbocycles. The monoisotopic (exact) mass is 266 g/mol. The van der Waals surface area contributed by atoms with Crippen molar-refractivity contribution in [2.45, 2.75) is 58.8 Å². The summed E-state index contributed by atoms with van der Waals surface area (Å²) in [6.45, 7) is 7.38.